The van der Waals surface area contributed by atoms with Crippen molar-refractivity contribution in [1.82, 2.24) is 21.3 Å². The molecule has 7 nitrogen and oxygen atoms in total. The summed E-state index contributed by atoms with van der Waals surface area (Å²) in [5, 5.41) is 25.6. The van der Waals surface area contributed by atoms with Crippen LogP contribution >= 0.6 is 0 Å². The zero-order valence-electron chi connectivity index (χ0n) is 20.4. The number of nitro groups is 1. The van der Waals surface area contributed by atoms with Crippen LogP contribution in [-0.2, 0) is 13.1 Å². The maximum Gasteiger partial charge on any atom is 0.270 e. The summed E-state index contributed by atoms with van der Waals surface area (Å²) in [7, 11) is 0. The minimum atomic E-state index is -0.283. The summed E-state index contributed by atoms with van der Waals surface area (Å²) in [4.78, 5) is 11.1. The highest BCUT2D eigenvalue weighted by Gasteiger charge is 2.13. The van der Waals surface area contributed by atoms with Gasteiger partial charge < -0.3 is 21.3 Å². The third-order valence-electron chi connectivity index (χ3n) is 7.04. The van der Waals surface area contributed by atoms with E-state index >= 15 is 0 Å². The van der Waals surface area contributed by atoms with Crippen LogP contribution in [0.25, 0.3) is 0 Å². The minimum Gasteiger partial charge on any atom is -0.314 e. The molecule has 0 aliphatic heterocycles. The van der Waals surface area contributed by atoms with E-state index in [2.05, 4.69) is 27.3 Å². The van der Waals surface area contributed by atoms with Gasteiger partial charge in [-0.15, -0.1) is 0 Å². The van der Waals surface area contributed by atoms with Gasteiger partial charge >= 0.3 is 0 Å². The average molecular weight is 460 g/mol. The van der Waals surface area contributed by atoms with Crippen molar-refractivity contribution < 1.29 is 4.92 Å². The number of non-ortho nitro benzene ring substituents is 1. The second kappa shape index (κ2) is 15.4. The summed E-state index contributed by atoms with van der Waals surface area (Å²) in [5.41, 5.74) is 2.16. The van der Waals surface area contributed by atoms with E-state index in [0.29, 0.717) is 25.2 Å². The van der Waals surface area contributed by atoms with Gasteiger partial charge in [0.15, 0.2) is 0 Å². The molecule has 1 aromatic rings. The normalized spacial score (nSPS) is 17.9. The fraction of sp³-hybridized carbons (Fsp3) is 0.769. The number of rotatable bonds is 15. The lowest BCUT2D eigenvalue weighted by Gasteiger charge is -2.22. The van der Waals surface area contributed by atoms with Gasteiger partial charge in [-0.1, -0.05) is 44.6 Å². The first-order valence-corrected chi connectivity index (χ1v) is 13.4. The summed E-state index contributed by atoms with van der Waals surface area (Å²) in [6, 6.07) is 6.89. The van der Waals surface area contributed by atoms with Crippen molar-refractivity contribution in [3.05, 3.63) is 39.4 Å². The smallest absolute Gasteiger partial charge is 0.270 e. The summed E-state index contributed by atoms with van der Waals surface area (Å²) in [5.74, 6) is 0. The lowest BCUT2D eigenvalue weighted by molar-refractivity contribution is -0.385. The number of nitrogens with zero attached hydrogens (tertiary/aromatic N) is 1. The van der Waals surface area contributed by atoms with Gasteiger partial charge in [0, 0.05) is 37.3 Å². The molecule has 2 saturated carbocycles. The fourth-order valence-corrected chi connectivity index (χ4v) is 5.17. The van der Waals surface area contributed by atoms with Gasteiger partial charge in [0.05, 0.1) is 4.92 Å². The van der Waals surface area contributed by atoms with Crippen molar-refractivity contribution in [3.8, 4) is 0 Å². The van der Waals surface area contributed by atoms with E-state index < -0.39 is 0 Å². The minimum absolute atomic E-state index is 0.184. The molecule has 2 aliphatic carbocycles. The highest BCUT2D eigenvalue weighted by Crippen LogP contribution is 2.19. The molecule has 4 N–H and O–H groups in total. The Morgan fingerprint density at radius 1 is 0.697 bits per heavy atom. The van der Waals surface area contributed by atoms with Crippen LogP contribution in [0, 0.1) is 10.1 Å². The van der Waals surface area contributed by atoms with Gasteiger partial charge in [0.1, 0.15) is 0 Å². The molecule has 0 bridgehead atoms. The predicted molar refractivity (Wildman–Crippen MR) is 135 cm³/mol. The highest BCUT2D eigenvalue weighted by molar-refractivity contribution is 5.39. The zero-order chi connectivity index (χ0) is 23.1. The van der Waals surface area contributed by atoms with Crippen LogP contribution in [0.15, 0.2) is 18.2 Å². The highest BCUT2D eigenvalue weighted by atomic mass is 16.6. The van der Waals surface area contributed by atoms with E-state index in [9.17, 15) is 10.1 Å². The molecule has 0 unspecified atom stereocenters. The Bertz CT molecular complexity index is 639. The molecule has 2 fully saturated rings. The van der Waals surface area contributed by atoms with Crippen LogP contribution in [-0.4, -0.2) is 43.2 Å². The van der Waals surface area contributed by atoms with Crippen LogP contribution in [0.1, 0.15) is 88.2 Å². The van der Waals surface area contributed by atoms with Gasteiger partial charge in [0.25, 0.3) is 5.69 Å². The Kier molecular flexibility index (Phi) is 12.2. The summed E-state index contributed by atoms with van der Waals surface area (Å²) >= 11 is 0. The molecule has 186 valence electrons. The summed E-state index contributed by atoms with van der Waals surface area (Å²) in [6.07, 6.45) is 15.6. The van der Waals surface area contributed by atoms with Crippen LogP contribution in [0.3, 0.4) is 0 Å². The third kappa shape index (κ3) is 10.5. The molecule has 0 radical (unpaired) electrons. The van der Waals surface area contributed by atoms with Gasteiger partial charge in [-0.05, 0) is 75.8 Å². The van der Waals surface area contributed by atoms with E-state index in [1.165, 1.54) is 64.2 Å². The van der Waals surface area contributed by atoms with E-state index in [0.717, 1.165) is 50.1 Å². The molecule has 0 heterocycles. The number of benzene rings is 1. The van der Waals surface area contributed by atoms with Gasteiger partial charge in [-0.2, -0.15) is 0 Å². The van der Waals surface area contributed by atoms with Crippen molar-refractivity contribution in [2.45, 2.75) is 102 Å². The second-order valence-corrected chi connectivity index (χ2v) is 9.90. The number of nitro benzene ring substituents is 1. The van der Waals surface area contributed by atoms with Crippen LogP contribution in [0.4, 0.5) is 5.69 Å². The topological polar surface area (TPSA) is 91.3 Å². The Morgan fingerprint density at radius 3 is 1.58 bits per heavy atom. The molecular weight excluding hydrogens is 414 g/mol. The van der Waals surface area contributed by atoms with E-state index in [1.807, 2.05) is 0 Å². The van der Waals surface area contributed by atoms with Gasteiger partial charge in [-0.25, -0.2) is 0 Å². The molecule has 7 heteroatoms. The molecule has 33 heavy (non-hydrogen) atoms. The molecule has 2 aliphatic rings. The SMILES string of the molecule is O=[N+]([O-])c1cc(CNCCCNC2CCCCC2)cc(CNCCCNC2CCCCC2)c1. The van der Waals surface area contributed by atoms with Crippen molar-refractivity contribution in [2.24, 2.45) is 0 Å². The van der Waals surface area contributed by atoms with E-state index in [-0.39, 0.29) is 10.6 Å². The van der Waals surface area contributed by atoms with Crippen molar-refractivity contribution in [3.63, 3.8) is 0 Å². The molecule has 0 spiro atoms. The Labute approximate surface area is 200 Å². The van der Waals surface area contributed by atoms with E-state index in [4.69, 9.17) is 0 Å². The lowest BCUT2D eigenvalue weighted by Crippen LogP contribution is -2.33. The quantitative estimate of drug-likeness (QED) is 0.177. The van der Waals surface area contributed by atoms with E-state index in [1.54, 1.807) is 12.1 Å². The molecule has 3 rings (SSSR count). The molecule has 0 atom stereocenters. The fourth-order valence-electron chi connectivity index (χ4n) is 5.17. The molecule has 0 aromatic heterocycles. The zero-order valence-corrected chi connectivity index (χ0v) is 20.4. The predicted octanol–water partition coefficient (Wildman–Crippen LogP) is 4.40. The molecule has 0 saturated heterocycles. The monoisotopic (exact) mass is 459 g/mol. The maximum atomic E-state index is 11.4. The number of hydrogen-bond acceptors (Lipinski definition) is 6. The standard InChI is InChI=1S/C26H45N5O2/c32-31(33)26-18-22(20-27-13-7-15-29-24-9-3-1-4-10-24)17-23(19-26)21-28-14-8-16-30-25-11-5-2-6-12-25/h17-19,24-25,27-30H,1-16,20-21H2. The first-order valence-electron chi connectivity index (χ1n) is 13.4. The maximum absolute atomic E-state index is 11.4. The van der Waals surface area contributed by atoms with Crippen LogP contribution < -0.4 is 21.3 Å². The largest absolute Gasteiger partial charge is 0.314 e. The molecule has 1 aromatic carbocycles. The third-order valence-corrected chi connectivity index (χ3v) is 7.04. The lowest BCUT2D eigenvalue weighted by atomic mass is 9.95. The van der Waals surface area contributed by atoms with Crippen molar-refractivity contribution >= 4 is 5.69 Å². The Morgan fingerprint density at radius 2 is 1.15 bits per heavy atom. The first-order chi connectivity index (χ1) is 16.2. The van der Waals surface area contributed by atoms with Crippen LogP contribution in [0.5, 0.6) is 0 Å². The Balaban J connectivity index is 1.31. The summed E-state index contributed by atoms with van der Waals surface area (Å²) < 4.78 is 0. The Hall–Kier alpha value is -1.54. The number of nitrogens with one attached hydrogen (secondary N) is 4. The summed E-state index contributed by atoms with van der Waals surface area (Å²) in [6.45, 7) is 5.26. The second-order valence-electron chi connectivity index (χ2n) is 9.90. The average Bonchev–Trinajstić information content (AvgIpc) is 2.84. The number of hydrogen-bond donors (Lipinski definition) is 4. The first kappa shape index (κ1) is 26.1. The van der Waals surface area contributed by atoms with Crippen molar-refractivity contribution in [2.75, 3.05) is 26.2 Å². The van der Waals surface area contributed by atoms with Crippen molar-refractivity contribution in [1.29, 1.82) is 0 Å². The van der Waals surface area contributed by atoms with Crippen LogP contribution in [0.2, 0.25) is 0 Å². The van der Waals surface area contributed by atoms with Gasteiger partial charge in [-0.3, -0.25) is 10.1 Å². The van der Waals surface area contributed by atoms with Gasteiger partial charge in [0.2, 0.25) is 0 Å². The molecular formula is C26H45N5O2. The molecule has 0 amide bonds.